The van der Waals surface area contributed by atoms with E-state index >= 15 is 0 Å². The summed E-state index contributed by atoms with van der Waals surface area (Å²) in [5.41, 5.74) is 0.447. The number of carboxylic acid groups (broad SMARTS) is 1. The summed E-state index contributed by atoms with van der Waals surface area (Å²) in [4.78, 5) is 14.1. The number of rotatable bonds is 5. The monoisotopic (exact) mass is 281 g/mol. The van der Waals surface area contributed by atoms with Crippen LogP contribution in [0.25, 0.3) is 0 Å². The number of carbonyl (C=O) groups is 1. The van der Waals surface area contributed by atoms with Gasteiger partial charge in [0.1, 0.15) is 0 Å². The van der Waals surface area contributed by atoms with Crippen LogP contribution in [0.15, 0.2) is 0 Å². The van der Waals surface area contributed by atoms with Crippen LogP contribution < -0.4 is 0 Å². The minimum atomic E-state index is -0.574. The maximum absolute atomic E-state index is 11.6. The Morgan fingerprint density at radius 2 is 1.95 bits per heavy atom. The number of aliphatic carboxylic acids is 1. The molecule has 2 rings (SSSR count). The zero-order valence-corrected chi connectivity index (χ0v) is 13.4. The lowest BCUT2D eigenvalue weighted by atomic mass is 9.76. The molecule has 3 unspecified atom stereocenters. The molecular weight excluding hydrogens is 250 g/mol. The second kappa shape index (κ2) is 6.46. The van der Waals surface area contributed by atoms with Crippen LogP contribution in [0.1, 0.15) is 65.7 Å². The Morgan fingerprint density at radius 1 is 1.25 bits per heavy atom. The van der Waals surface area contributed by atoms with E-state index in [1.54, 1.807) is 0 Å². The van der Waals surface area contributed by atoms with Gasteiger partial charge in [-0.15, -0.1) is 0 Å². The molecule has 3 atom stereocenters. The lowest BCUT2D eigenvalue weighted by Gasteiger charge is -2.40. The summed E-state index contributed by atoms with van der Waals surface area (Å²) in [5, 5.41) is 9.55. The molecular formula is C17H31NO2. The molecule has 1 aliphatic heterocycles. The second-order valence-corrected chi connectivity index (χ2v) is 7.03. The third-order valence-corrected chi connectivity index (χ3v) is 6.26. The zero-order valence-electron chi connectivity index (χ0n) is 13.4. The van der Waals surface area contributed by atoms with Gasteiger partial charge >= 0.3 is 5.97 Å². The van der Waals surface area contributed by atoms with Gasteiger partial charge in [0.2, 0.25) is 0 Å². The van der Waals surface area contributed by atoms with E-state index in [-0.39, 0.29) is 12.0 Å². The zero-order chi connectivity index (χ0) is 14.8. The highest BCUT2D eigenvalue weighted by Crippen LogP contribution is 2.42. The standard InChI is InChI=1S/C17H31NO2/c1-4-13-7-8-14(16(19)20)15(11-13)18-10-9-17(5-2,6-3)12-18/h13-15H,4-12H2,1-3H3,(H,19,20). The van der Waals surface area contributed by atoms with Crippen molar-refractivity contribution in [2.75, 3.05) is 13.1 Å². The van der Waals surface area contributed by atoms with Crippen LogP contribution in [0.4, 0.5) is 0 Å². The number of likely N-dealkylation sites (tertiary alicyclic amines) is 1. The Kier molecular flexibility index (Phi) is 5.11. The summed E-state index contributed by atoms with van der Waals surface area (Å²) in [6, 6.07) is 0.283. The fourth-order valence-electron chi connectivity index (χ4n) is 4.37. The molecule has 3 nitrogen and oxygen atoms in total. The van der Waals surface area contributed by atoms with Gasteiger partial charge in [-0.25, -0.2) is 0 Å². The molecule has 0 bridgehead atoms. The number of hydrogen-bond acceptors (Lipinski definition) is 2. The largest absolute Gasteiger partial charge is 0.481 e. The highest BCUT2D eigenvalue weighted by molar-refractivity contribution is 5.71. The average Bonchev–Trinajstić information content (AvgIpc) is 2.91. The predicted molar refractivity (Wildman–Crippen MR) is 81.8 cm³/mol. The lowest BCUT2D eigenvalue weighted by Crippen LogP contribution is -2.47. The summed E-state index contributed by atoms with van der Waals surface area (Å²) >= 11 is 0. The van der Waals surface area contributed by atoms with E-state index in [2.05, 4.69) is 25.7 Å². The van der Waals surface area contributed by atoms with Crippen molar-refractivity contribution in [1.29, 1.82) is 0 Å². The third kappa shape index (κ3) is 3.03. The van der Waals surface area contributed by atoms with Crippen LogP contribution in [-0.2, 0) is 4.79 Å². The average molecular weight is 281 g/mol. The van der Waals surface area contributed by atoms with Crippen LogP contribution in [0.3, 0.4) is 0 Å². The Bertz CT molecular complexity index is 338. The first-order chi connectivity index (χ1) is 9.55. The van der Waals surface area contributed by atoms with Crippen LogP contribution in [0.2, 0.25) is 0 Å². The van der Waals surface area contributed by atoms with Crippen molar-refractivity contribution in [3.05, 3.63) is 0 Å². The topological polar surface area (TPSA) is 40.5 Å². The number of hydrogen-bond donors (Lipinski definition) is 1. The van der Waals surface area contributed by atoms with Crippen LogP contribution >= 0.6 is 0 Å². The molecule has 116 valence electrons. The molecule has 1 N–H and O–H groups in total. The number of carboxylic acids is 1. The van der Waals surface area contributed by atoms with Crippen molar-refractivity contribution in [2.45, 2.75) is 71.8 Å². The lowest BCUT2D eigenvalue weighted by molar-refractivity contribution is -0.146. The fraction of sp³-hybridized carbons (Fsp3) is 0.941. The quantitative estimate of drug-likeness (QED) is 0.833. The SMILES string of the molecule is CCC1CCC(C(=O)O)C(N2CCC(CC)(CC)C2)C1. The molecule has 1 saturated carbocycles. The molecule has 1 heterocycles. The maximum Gasteiger partial charge on any atom is 0.308 e. The van der Waals surface area contributed by atoms with E-state index in [1.165, 1.54) is 25.7 Å². The Labute approximate surface area is 123 Å². The Balaban J connectivity index is 2.09. The van der Waals surface area contributed by atoms with E-state index in [0.717, 1.165) is 38.3 Å². The molecule has 0 aromatic carbocycles. The molecule has 2 fully saturated rings. The predicted octanol–water partition coefficient (Wildman–Crippen LogP) is 3.78. The summed E-state index contributed by atoms with van der Waals surface area (Å²) < 4.78 is 0. The van der Waals surface area contributed by atoms with Crippen LogP contribution in [0.5, 0.6) is 0 Å². The Hall–Kier alpha value is -0.570. The van der Waals surface area contributed by atoms with Crippen molar-refractivity contribution in [3.8, 4) is 0 Å². The molecule has 0 amide bonds. The van der Waals surface area contributed by atoms with E-state index in [1.807, 2.05) is 0 Å². The summed E-state index contributed by atoms with van der Waals surface area (Å²) in [7, 11) is 0. The first-order valence-corrected chi connectivity index (χ1v) is 8.52. The molecule has 0 aromatic rings. The first kappa shape index (κ1) is 15.8. The molecule has 20 heavy (non-hydrogen) atoms. The van der Waals surface area contributed by atoms with Crippen LogP contribution in [0, 0.1) is 17.3 Å². The van der Waals surface area contributed by atoms with Crippen molar-refractivity contribution in [2.24, 2.45) is 17.3 Å². The van der Waals surface area contributed by atoms with Crippen molar-refractivity contribution >= 4 is 5.97 Å². The van der Waals surface area contributed by atoms with Crippen molar-refractivity contribution < 1.29 is 9.90 Å². The van der Waals surface area contributed by atoms with Gasteiger partial charge in [-0.2, -0.15) is 0 Å². The van der Waals surface area contributed by atoms with Gasteiger partial charge in [-0.1, -0.05) is 27.2 Å². The molecule has 0 spiro atoms. The number of nitrogens with zero attached hydrogens (tertiary/aromatic N) is 1. The van der Waals surface area contributed by atoms with E-state index < -0.39 is 5.97 Å². The van der Waals surface area contributed by atoms with Gasteiger partial charge < -0.3 is 5.11 Å². The van der Waals surface area contributed by atoms with Gasteiger partial charge in [0.05, 0.1) is 5.92 Å². The minimum Gasteiger partial charge on any atom is -0.481 e. The highest BCUT2D eigenvalue weighted by atomic mass is 16.4. The fourth-order valence-corrected chi connectivity index (χ4v) is 4.37. The van der Waals surface area contributed by atoms with E-state index in [4.69, 9.17) is 0 Å². The van der Waals surface area contributed by atoms with Gasteiger partial charge in [0, 0.05) is 12.6 Å². The van der Waals surface area contributed by atoms with Gasteiger partial charge in [-0.05, 0) is 56.4 Å². The minimum absolute atomic E-state index is 0.137. The smallest absolute Gasteiger partial charge is 0.308 e. The Morgan fingerprint density at radius 3 is 2.45 bits per heavy atom. The van der Waals surface area contributed by atoms with E-state index in [9.17, 15) is 9.90 Å². The van der Waals surface area contributed by atoms with E-state index in [0.29, 0.717) is 5.41 Å². The van der Waals surface area contributed by atoms with Gasteiger partial charge in [0.15, 0.2) is 0 Å². The molecule has 1 aliphatic carbocycles. The summed E-state index contributed by atoms with van der Waals surface area (Å²) in [5.74, 6) is 0.0196. The first-order valence-electron chi connectivity index (χ1n) is 8.52. The molecule has 0 aromatic heterocycles. The molecule has 3 heteroatoms. The van der Waals surface area contributed by atoms with Crippen molar-refractivity contribution in [1.82, 2.24) is 4.90 Å². The molecule has 0 radical (unpaired) electrons. The normalized spacial score (nSPS) is 34.2. The van der Waals surface area contributed by atoms with Crippen LogP contribution in [-0.4, -0.2) is 35.1 Å². The second-order valence-electron chi connectivity index (χ2n) is 7.03. The molecule has 2 aliphatic rings. The van der Waals surface area contributed by atoms with Gasteiger partial charge in [0.25, 0.3) is 0 Å². The summed E-state index contributed by atoms with van der Waals surface area (Å²) in [6.45, 7) is 9.04. The maximum atomic E-state index is 11.6. The third-order valence-electron chi connectivity index (χ3n) is 6.26. The summed E-state index contributed by atoms with van der Waals surface area (Å²) in [6.07, 6.45) is 7.97. The highest BCUT2D eigenvalue weighted by Gasteiger charge is 2.43. The van der Waals surface area contributed by atoms with Gasteiger partial charge in [-0.3, -0.25) is 9.69 Å². The molecule has 1 saturated heterocycles. The van der Waals surface area contributed by atoms with Crippen molar-refractivity contribution in [3.63, 3.8) is 0 Å².